The van der Waals surface area contributed by atoms with Crippen molar-refractivity contribution in [1.82, 2.24) is 0 Å². The van der Waals surface area contributed by atoms with Gasteiger partial charge in [-0.1, -0.05) is 68.4 Å². The van der Waals surface area contributed by atoms with Crippen LogP contribution < -0.4 is 5.11 Å². The molecule has 0 bridgehead atoms. The molecule has 3 nitrogen and oxygen atoms in total. The first kappa shape index (κ1) is 21.4. The van der Waals surface area contributed by atoms with Crippen LogP contribution in [-0.4, -0.2) is 17.2 Å². The summed E-state index contributed by atoms with van der Waals surface area (Å²) in [6.07, 6.45) is 23.3. The van der Waals surface area contributed by atoms with E-state index in [-0.39, 0.29) is 12.5 Å². The van der Waals surface area contributed by atoms with Crippen molar-refractivity contribution in [2.45, 2.75) is 70.8 Å². The Hall–Kier alpha value is -1.61. The lowest BCUT2D eigenvalue weighted by molar-refractivity contribution is -0.305. The van der Waals surface area contributed by atoms with Gasteiger partial charge in [-0.3, -0.25) is 0 Å². The van der Waals surface area contributed by atoms with E-state index in [1.807, 2.05) is 18.2 Å². The van der Waals surface area contributed by atoms with Gasteiger partial charge in [0, 0.05) is 5.97 Å². The number of unbranched alkanes of at least 4 members (excludes halogenated alkanes) is 2. The van der Waals surface area contributed by atoms with Crippen LogP contribution in [0.2, 0.25) is 0 Å². The molecular formula is C20H31O3-. The highest BCUT2D eigenvalue weighted by Crippen LogP contribution is 2.02. The van der Waals surface area contributed by atoms with E-state index < -0.39 is 5.97 Å². The molecule has 3 heteroatoms. The number of aliphatic carboxylic acids is 1. The van der Waals surface area contributed by atoms with Crippen molar-refractivity contribution >= 4 is 5.97 Å². The molecule has 1 atom stereocenters. The predicted octanol–water partition coefficient (Wildman–Crippen LogP) is 3.85. The summed E-state index contributed by atoms with van der Waals surface area (Å²) in [7, 11) is 0. The maximum absolute atomic E-state index is 10.2. The van der Waals surface area contributed by atoms with Gasteiger partial charge in [-0.25, -0.2) is 0 Å². The van der Waals surface area contributed by atoms with Crippen molar-refractivity contribution in [3.8, 4) is 0 Å². The summed E-state index contributed by atoms with van der Waals surface area (Å²) in [6.45, 7) is 2.12. The van der Waals surface area contributed by atoms with E-state index in [1.54, 1.807) is 0 Å². The van der Waals surface area contributed by atoms with E-state index in [2.05, 4.69) is 37.3 Å². The highest BCUT2D eigenvalue weighted by Gasteiger charge is 1.95. The van der Waals surface area contributed by atoms with E-state index in [4.69, 9.17) is 0 Å². The Bertz CT molecular complexity index is 392. The molecule has 23 heavy (non-hydrogen) atoms. The SMILES string of the molecule is CCCC[C@@H](O)/C=C\C/C=C\C/C=C\C/C=C\CCCC(=O)[O-]. The first-order valence-electron chi connectivity index (χ1n) is 8.66. The maximum atomic E-state index is 10.2. The predicted molar refractivity (Wildman–Crippen MR) is 94.8 cm³/mol. The number of aliphatic hydroxyl groups is 1. The molecule has 0 saturated carbocycles. The van der Waals surface area contributed by atoms with Gasteiger partial charge < -0.3 is 15.0 Å². The lowest BCUT2D eigenvalue weighted by Gasteiger charge is -2.02. The third-order valence-electron chi connectivity index (χ3n) is 3.28. The highest BCUT2D eigenvalue weighted by molar-refractivity contribution is 5.64. The molecule has 0 aliphatic carbocycles. The second-order valence-electron chi connectivity index (χ2n) is 5.52. The van der Waals surface area contributed by atoms with Crippen LogP contribution in [0, 0.1) is 0 Å². The van der Waals surface area contributed by atoms with Crippen LogP contribution in [0.15, 0.2) is 48.6 Å². The molecule has 0 heterocycles. The van der Waals surface area contributed by atoms with Gasteiger partial charge in [-0.2, -0.15) is 0 Å². The van der Waals surface area contributed by atoms with E-state index in [0.717, 1.165) is 44.9 Å². The molecule has 0 fully saturated rings. The van der Waals surface area contributed by atoms with Gasteiger partial charge in [0.2, 0.25) is 0 Å². The molecule has 0 aromatic heterocycles. The van der Waals surface area contributed by atoms with Gasteiger partial charge in [0.05, 0.1) is 6.10 Å². The number of carboxylic acid groups (broad SMARTS) is 1. The first-order valence-corrected chi connectivity index (χ1v) is 8.66. The minimum Gasteiger partial charge on any atom is -0.550 e. The molecule has 0 aromatic rings. The van der Waals surface area contributed by atoms with Crippen molar-refractivity contribution in [3.05, 3.63) is 48.6 Å². The standard InChI is InChI=1S/C20H32O3/c1-2-3-16-19(21)17-14-12-10-8-6-4-5-7-9-11-13-15-18-20(22)23/h4-5,8-11,14,17,19,21H,2-3,6-7,12-13,15-16,18H2,1H3,(H,22,23)/p-1/b5-4-,10-8-,11-9-,17-14-/t19-/m1/s1. The van der Waals surface area contributed by atoms with Crippen LogP contribution >= 0.6 is 0 Å². The van der Waals surface area contributed by atoms with E-state index in [9.17, 15) is 15.0 Å². The summed E-state index contributed by atoms with van der Waals surface area (Å²) >= 11 is 0. The van der Waals surface area contributed by atoms with Crippen LogP contribution in [-0.2, 0) is 4.79 Å². The maximum Gasteiger partial charge on any atom is 0.0721 e. The fourth-order valence-corrected chi connectivity index (χ4v) is 1.94. The molecule has 0 spiro atoms. The molecule has 0 aliphatic heterocycles. The summed E-state index contributed by atoms with van der Waals surface area (Å²) in [5.41, 5.74) is 0. The van der Waals surface area contributed by atoms with E-state index >= 15 is 0 Å². The molecule has 0 unspecified atom stereocenters. The van der Waals surface area contributed by atoms with Gasteiger partial charge >= 0.3 is 0 Å². The number of hydrogen-bond acceptors (Lipinski definition) is 3. The zero-order chi connectivity index (χ0) is 17.2. The molecule has 0 radical (unpaired) electrons. The average Bonchev–Trinajstić information content (AvgIpc) is 2.52. The van der Waals surface area contributed by atoms with Crippen molar-refractivity contribution in [1.29, 1.82) is 0 Å². The molecule has 1 N–H and O–H groups in total. The number of hydrogen-bond donors (Lipinski definition) is 1. The fraction of sp³-hybridized carbons (Fsp3) is 0.550. The fourth-order valence-electron chi connectivity index (χ4n) is 1.94. The Morgan fingerprint density at radius 1 is 0.957 bits per heavy atom. The molecule has 0 amide bonds. The monoisotopic (exact) mass is 319 g/mol. The van der Waals surface area contributed by atoms with Gasteiger partial charge in [0.15, 0.2) is 0 Å². The van der Waals surface area contributed by atoms with Crippen LogP contribution in [0.3, 0.4) is 0 Å². The van der Waals surface area contributed by atoms with E-state index in [0.29, 0.717) is 6.42 Å². The number of carbonyl (C=O) groups is 1. The smallest absolute Gasteiger partial charge is 0.0721 e. The highest BCUT2D eigenvalue weighted by atomic mass is 16.4. The minimum absolute atomic E-state index is 0.134. The van der Waals surface area contributed by atoms with Gasteiger partial charge in [0.25, 0.3) is 0 Å². The Kier molecular flexibility index (Phi) is 15.6. The third-order valence-corrected chi connectivity index (χ3v) is 3.28. The summed E-state index contributed by atoms with van der Waals surface area (Å²) in [4.78, 5) is 10.2. The second-order valence-corrected chi connectivity index (χ2v) is 5.52. The molecular weight excluding hydrogens is 288 g/mol. The molecule has 0 aromatic carbocycles. The Morgan fingerprint density at radius 2 is 1.52 bits per heavy atom. The number of allylic oxidation sites excluding steroid dienone is 7. The quantitative estimate of drug-likeness (QED) is 0.391. The number of carboxylic acids is 1. The van der Waals surface area contributed by atoms with Gasteiger partial charge in [-0.05, 0) is 44.9 Å². The van der Waals surface area contributed by atoms with Crippen LogP contribution in [0.4, 0.5) is 0 Å². The first-order chi connectivity index (χ1) is 11.2. The number of rotatable bonds is 14. The van der Waals surface area contributed by atoms with Gasteiger partial charge in [-0.15, -0.1) is 0 Å². The number of aliphatic hydroxyl groups excluding tert-OH is 1. The van der Waals surface area contributed by atoms with Crippen molar-refractivity contribution in [2.75, 3.05) is 0 Å². The van der Waals surface area contributed by atoms with Crippen molar-refractivity contribution in [2.24, 2.45) is 0 Å². The summed E-state index contributed by atoms with van der Waals surface area (Å²) in [6, 6.07) is 0. The lowest BCUT2D eigenvalue weighted by Crippen LogP contribution is -2.21. The van der Waals surface area contributed by atoms with Crippen LogP contribution in [0.1, 0.15) is 64.7 Å². The molecule has 0 saturated heterocycles. The average molecular weight is 319 g/mol. The summed E-state index contributed by atoms with van der Waals surface area (Å²) in [5.74, 6) is -0.976. The zero-order valence-corrected chi connectivity index (χ0v) is 14.3. The van der Waals surface area contributed by atoms with Crippen molar-refractivity contribution in [3.63, 3.8) is 0 Å². The van der Waals surface area contributed by atoms with Crippen LogP contribution in [0.5, 0.6) is 0 Å². The lowest BCUT2D eigenvalue weighted by atomic mass is 10.1. The van der Waals surface area contributed by atoms with Crippen LogP contribution in [0.25, 0.3) is 0 Å². The van der Waals surface area contributed by atoms with Gasteiger partial charge in [0.1, 0.15) is 0 Å². The summed E-state index contributed by atoms with van der Waals surface area (Å²) in [5, 5.41) is 19.8. The van der Waals surface area contributed by atoms with Crippen molar-refractivity contribution < 1.29 is 15.0 Å². The second kappa shape index (κ2) is 16.8. The Labute approximate surface area is 141 Å². The largest absolute Gasteiger partial charge is 0.550 e. The molecule has 0 rings (SSSR count). The Balaban J connectivity index is 3.53. The zero-order valence-electron chi connectivity index (χ0n) is 14.3. The normalized spacial score (nSPS) is 13.8. The number of carbonyl (C=O) groups excluding carboxylic acids is 1. The van der Waals surface area contributed by atoms with E-state index in [1.165, 1.54) is 0 Å². The topological polar surface area (TPSA) is 60.4 Å². The Morgan fingerprint density at radius 3 is 2.09 bits per heavy atom. The summed E-state index contributed by atoms with van der Waals surface area (Å²) < 4.78 is 0. The molecule has 130 valence electrons. The minimum atomic E-state index is -0.976. The third kappa shape index (κ3) is 18.3. The molecule has 0 aliphatic rings.